The summed E-state index contributed by atoms with van der Waals surface area (Å²) in [5, 5.41) is 2.12. The number of thiophene rings is 1. The van der Waals surface area contributed by atoms with Gasteiger partial charge in [0.1, 0.15) is 0 Å². The van der Waals surface area contributed by atoms with Gasteiger partial charge in [0, 0.05) is 20.0 Å². The third-order valence-electron chi connectivity index (χ3n) is 3.61. The smallest absolute Gasteiger partial charge is 0.0406 e. The van der Waals surface area contributed by atoms with Gasteiger partial charge in [-0.25, -0.2) is 0 Å². The normalized spacial score (nSPS) is 11.6. The molecule has 0 saturated heterocycles. The third-order valence-corrected chi connectivity index (χ3v) is 4.96. The van der Waals surface area contributed by atoms with Gasteiger partial charge in [0.05, 0.1) is 0 Å². The van der Waals surface area contributed by atoms with E-state index in [9.17, 15) is 0 Å². The van der Waals surface area contributed by atoms with Crippen LogP contribution in [-0.4, -0.2) is 0 Å². The maximum Gasteiger partial charge on any atom is 0.0406 e. The van der Waals surface area contributed by atoms with Gasteiger partial charge in [-0.1, -0.05) is 48.9 Å². The lowest BCUT2D eigenvalue weighted by Crippen LogP contribution is -1.78. The molecule has 21 heavy (non-hydrogen) atoms. The summed E-state index contributed by atoms with van der Waals surface area (Å²) >= 11 is 7.84. The van der Waals surface area contributed by atoms with E-state index >= 15 is 0 Å². The molecule has 0 aliphatic rings. The third kappa shape index (κ3) is 2.90. The van der Waals surface area contributed by atoms with Crippen molar-refractivity contribution in [2.75, 3.05) is 0 Å². The quantitative estimate of drug-likeness (QED) is 0.490. The average Bonchev–Trinajstić information content (AvgIpc) is 2.80. The highest BCUT2D eigenvalue weighted by Crippen LogP contribution is 2.35. The van der Waals surface area contributed by atoms with Gasteiger partial charge in [0.25, 0.3) is 0 Å². The lowest BCUT2D eigenvalue weighted by atomic mass is 10.0. The Morgan fingerprint density at radius 3 is 2.48 bits per heavy atom. The molecule has 0 bridgehead atoms. The van der Waals surface area contributed by atoms with Crippen LogP contribution in [0.3, 0.4) is 0 Å². The molecule has 106 valence electrons. The van der Waals surface area contributed by atoms with Crippen molar-refractivity contribution in [2.24, 2.45) is 0 Å². The molecule has 0 nitrogen and oxygen atoms in total. The van der Waals surface area contributed by atoms with Crippen molar-refractivity contribution in [3.63, 3.8) is 0 Å². The SMILES string of the molecule is CC/C=C\c1c(C)sc2ccc(-c3ccc(Cl)cc3)cc12. The van der Waals surface area contributed by atoms with Crippen molar-refractivity contribution in [1.29, 1.82) is 0 Å². The summed E-state index contributed by atoms with van der Waals surface area (Å²) in [6, 6.07) is 14.7. The van der Waals surface area contributed by atoms with Crippen LogP contribution in [0.4, 0.5) is 0 Å². The van der Waals surface area contributed by atoms with E-state index < -0.39 is 0 Å². The second-order valence-electron chi connectivity index (χ2n) is 5.10. The molecule has 1 heterocycles. The Morgan fingerprint density at radius 2 is 1.76 bits per heavy atom. The molecule has 3 rings (SSSR count). The summed E-state index contributed by atoms with van der Waals surface area (Å²) in [5.41, 5.74) is 3.80. The zero-order valence-electron chi connectivity index (χ0n) is 12.2. The standard InChI is InChI=1S/C19H17ClS/c1-3-4-5-17-13(2)21-19-11-8-15(12-18(17)19)14-6-9-16(20)10-7-14/h4-12H,3H2,1-2H3/b5-4-. The molecule has 1 aromatic heterocycles. The number of halogens is 1. The monoisotopic (exact) mass is 312 g/mol. The Hall–Kier alpha value is -1.57. The van der Waals surface area contributed by atoms with Gasteiger partial charge in [-0.3, -0.25) is 0 Å². The van der Waals surface area contributed by atoms with Crippen LogP contribution in [0, 0.1) is 6.92 Å². The molecule has 0 aliphatic heterocycles. The van der Waals surface area contributed by atoms with Gasteiger partial charge < -0.3 is 0 Å². The highest BCUT2D eigenvalue weighted by molar-refractivity contribution is 7.19. The minimum Gasteiger partial charge on any atom is -0.140 e. The first-order chi connectivity index (χ1) is 10.2. The van der Waals surface area contributed by atoms with Crippen LogP contribution in [0.25, 0.3) is 27.3 Å². The van der Waals surface area contributed by atoms with E-state index in [4.69, 9.17) is 11.6 Å². The topological polar surface area (TPSA) is 0 Å². The van der Waals surface area contributed by atoms with Crippen LogP contribution in [0.1, 0.15) is 23.8 Å². The minimum absolute atomic E-state index is 0.776. The summed E-state index contributed by atoms with van der Waals surface area (Å²) in [4.78, 5) is 1.38. The first-order valence-electron chi connectivity index (χ1n) is 7.14. The maximum atomic E-state index is 5.97. The molecular formula is C19H17ClS. The molecule has 0 spiro atoms. The van der Waals surface area contributed by atoms with Crippen molar-refractivity contribution < 1.29 is 0 Å². The summed E-state index contributed by atoms with van der Waals surface area (Å²) in [7, 11) is 0. The Balaban J connectivity index is 2.14. The van der Waals surface area contributed by atoms with Gasteiger partial charge in [0.2, 0.25) is 0 Å². The van der Waals surface area contributed by atoms with Gasteiger partial charge in [0.15, 0.2) is 0 Å². The van der Waals surface area contributed by atoms with Crippen LogP contribution < -0.4 is 0 Å². The fourth-order valence-electron chi connectivity index (χ4n) is 2.50. The molecule has 0 atom stereocenters. The number of benzene rings is 2. The summed E-state index contributed by atoms with van der Waals surface area (Å²) in [6.07, 6.45) is 5.54. The molecule has 0 aliphatic carbocycles. The van der Waals surface area contributed by atoms with Crippen molar-refractivity contribution in [3.05, 3.63) is 64.0 Å². The molecular weight excluding hydrogens is 296 g/mol. The molecule has 0 amide bonds. The Morgan fingerprint density at radius 1 is 1.05 bits per heavy atom. The fraction of sp³-hybridized carbons (Fsp3) is 0.158. The number of allylic oxidation sites excluding steroid dienone is 1. The van der Waals surface area contributed by atoms with Crippen LogP contribution in [-0.2, 0) is 0 Å². The van der Waals surface area contributed by atoms with E-state index in [0.717, 1.165) is 11.4 Å². The zero-order valence-corrected chi connectivity index (χ0v) is 13.8. The van der Waals surface area contributed by atoms with Crippen LogP contribution in [0.2, 0.25) is 5.02 Å². The molecule has 0 fully saturated rings. The second-order valence-corrected chi connectivity index (χ2v) is 6.79. The second kappa shape index (κ2) is 6.05. The number of rotatable bonds is 3. The summed E-state index contributed by atoms with van der Waals surface area (Å²) in [6.45, 7) is 4.36. The predicted octanol–water partition coefficient (Wildman–Crippen LogP) is 6.95. The van der Waals surface area contributed by atoms with Gasteiger partial charge in [-0.05, 0) is 54.3 Å². The zero-order chi connectivity index (χ0) is 14.8. The van der Waals surface area contributed by atoms with Crippen LogP contribution in [0.5, 0.6) is 0 Å². The highest BCUT2D eigenvalue weighted by Gasteiger charge is 2.08. The maximum absolute atomic E-state index is 5.97. The molecule has 0 radical (unpaired) electrons. The first-order valence-corrected chi connectivity index (χ1v) is 8.34. The van der Waals surface area contributed by atoms with Crippen molar-refractivity contribution in [1.82, 2.24) is 0 Å². The van der Waals surface area contributed by atoms with Crippen molar-refractivity contribution in [3.8, 4) is 11.1 Å². The Kier molecular flexibility index (Phi) is 4.14. The van der Waals surface area contributed by atoms with E-state index in [2.05, 4.69) is 56.3 Å². The largest absolute Gasteiger partial charge is 0.140 e. The van der Waals surface area contributed by atoms with Gasteiger partial charge in [-0.15, -0.1) is 11.3 Å². The van der Waals surface area contributed by atoms with Gasteiger partial charge in [-0.2, -0.15) is 0 Å². The summed E-state index contributed by atoms with van der Waals surface area (Å²) < 4.78 is 1.35. The predicted molar refractivity (Wildman–Crippen MR) is 96.3 cm³/mol. The van der Waals surface area contributed by atoms with Crippen LogP contribution in [0.15, 0.2) is 48.5 Å². The fourth-order valence-corrected chi connectivity index (χ4v) is 3.66. The highest BCUT2D eigenvalue weighted by atomic mass is 35.5. The number of hydrogen-bond acceptors (Lipinski definition) is 1. The average molecular weight is 313 g/mol. The van der Waals surface area contributed by atoms with E-state index in [1.54, 1.807) is 0 Å². The summed E-state index contributed by atoms with van der Waals surface area (Å²) in [5.74, 6) is 0. The molecule has 3 aromatic rings. The van der Waals surface area contributed by atoms with E-state index in [0.29, 0.717) is 0 Å². The van der Waals surface area contributed by atoms with Crippen LogP contribution >= 0.6 is 22.9 Å². The van der Waals surface area contributed by atoms with Crippen molar-refractivity contribution in [2.45, 2.75) is 20.3 Å². The Bertz CT molecular complexity index is 794. The van der Waals surface area contributed by atoms with Gasteiger partial charge >= 0.3 is 0 Å². The van der Waals surface area contributed by atoms with E-state index in [-0.39, 0.29) is 0 Å². The lowest BCUT2D eigenvalue weighted by molar-refractivity contribution is 1.23. The number of hydrogen-bond donors (Lipinski definition) is 0. The minimum atomic E-state index is 0.776. The van der Waals surface area contributed by atoms with E-state index in [1.807, 2.05) is 23.5 Å². The first kappa shape index (κ1) is 14.4. The molecule has 0 N–H and O–H groups in total. The van der Waals surface area contributed by atoms with E-state index in [1.165, 1.54) is 31.7 Å². The van der Waals surface area contributed by atoms with Crippen molar-refractivity contribution >= 4 is 39.1 Å². The number of aryl methyl sites for hydroxylation is 1. The Labute approximate surface area is 134 Å². The molecule has 2 aromatic carbocycles. The number of fused-ring (bicyclic) bond motifs is 1. The molecule has 2 heteroatoms. The molecule has 0 unspecified atom stereocenters. The molecule has 0 saturated carbocycles. The lowest BCUT2D eigenvalue weighted by Gasteiger charge is -2.03.